The van der Waals surface area contributed by atoms with Crippen LogP contribution >= 0.6 is 47.2 Å². The number of rotatable bonds is 6. The van der Waals surface area contributed by atoms with E-state index in [1.807, 2.05) is 19.2 Å². The average molecular weight is 499 g/mol. The molecule has 0 aliphatic carbocycles. The van der Waals surface area contributed by atoms with E-state index < -0.39 is 0 Å². The number of benzene rings is 1. The zero-order valence-electron chi connectivity index (χ0n) is 15.0. The van der Waals surface area contributed by atoms with E-state index in [9.17, 15) is 0 Å². The minimum Gasteiger partial charge on any atom is -0.356 e. The smallest absolute Gasteiger partial charge is 0.190 e. The molecule has 1 saturated heterocycles. The largest absolute Gasteiger partial charge is 0.356 e. The summed E-state index contributed by atoms with van der Waals surface area (Å²) < 4.78 is 0. The second kappa shape index (κ2) is 12.2. The van der Waals surface area contributed by atoms with E-state index in [1.54, 1.807) is 6.07 Å². The highest BCUT2D eigenvalue weighted by molar-refractivity contribution is 14.0. The molecule has 142 valence electrons. The van der Waals surface area contributed by atoms with Gasteiger partial charge in [0.2, 0.25) is 0 Å². The first-order chi connectivity index (χ1) is 11.6. The highest BCUT2D eigenvalue weighted by Crippen LogP contribution is 2.21. The van der Waals surface area contributed by atoms with Crippen molar-refractivity contribution in [2.24, 2.45) is 10.9 Å². The summed E-state index contributed by atoms with van der Waals surface area (Å²) in [5, 5.41) is 8.25. The number of guanidine groups is 1. The Hall–Kier alpha value is -0.240. The molecule has 1 aliphatic rings. The van der Waals surface area contributed by atoms with Crippen LogP contribution in [0.15, 0.2) is 23.2 Å². The van der Waals surface area contributed by atoms with Gasteiger partial charge in [0, 0.05) is 30.2 Å². The Balaban J connectivity index is 0.00000312. The van der Waals surface area contributed by atoms with Gasteiger partial charge >= 0.3 is 0 Å². The van der Waals surface area contributed by atoms with E-state index in [1.165, 1.54) is 25.9 Å². The van der Waals surface area contributed by atoms with Crippen LogP contribution in [0.3, 0.4) is 0 Å². The number of aliphatic imine (C=N–C) groups is 1. The van der Waals surface area contributed by atoms with Crippen LogP contribution in [0.2, 0.25) is 10.0 Å². The Morgan fingerprint density at radius 1 is 1.24 bits per heavy atom. The first kappa shape index (κ1) is 22.8. The molecule has 1 aromatic rings. The summed E-state index contributed by atoms with van der Waals surface area (Å²) in [5.74, 6) is 1.63. The normalized spacial score (nSPS) is 16.4. The first-order valence-electron chi connectivity index (χ1n) is 8.65. The molecule has 0 aromatic heterocycles. The van der Waals surface area contributed by atoms with Crippen molar-refractivity contribution in [1.82, 2.24) is 15.5 Å². The van der Waals surface area contributed by atoms with Crippen molar-refractivity contribution in [3.8, 4) is 0 Å². The minimum atomic E-state index is 0. The molecule has 1 heterocycles. The van der Waals surface area contributed by atoms with Crippen molar-refractivity contribution in [3.05, 3.63) is 33.8 Å². The van der Waals surface area contributed by atoms with Crippen LogP contribution in [0.5, 0.6) is 0 Å². The van der Waals surface area contributed by atoms with Crippen molar-refractivity contribution < 1.29 is 0 Å². The SMILES string of the molecule is CN=C(NCCCc1ccc(Cl)cc1Cl)NCC1CCN(C)CC1.I. The van der Waals surface area contributed by atoms with Crippen molar-refractivity contribution in [3.63, 3.8) is 0 Å². The molecule has 7 heteroatoms. The number of nitrogens with zero attached hydrogens (tertiary/aromatic N) is 2. The monoisotopic (exact) mass is 498 g/mol. The predicted octanol–water partition coefficient (Wildman–Crippen LogP) is 4.05. The minimum absolute atomic E-state index is 0. The van der Waals surface area contributed by atoms with Gasteiger partial charge in [-0.1, -0.05) is 29.3 Å². The third-order valence-corrected chi connectivity index (χ3v) is 5.14. The Bertz CT molecular complexity index is 546. The molecular weight excluding hydrogens is 470 g/mol. The van der Waals surface area contributed by atoms with Gasteiger partial charge in [-0.2, -0.15) is 0 Å². The third-order valence-electron chi connectivity index (χ3n) is 4.55. The summed E-state index contributed by atoms with van der Waals surface area (Å²) in [6, 6.07) is 5.68. The van der Waals surface area contributed by atoms with Gasteiger partial charge in [-0.3, -0.25) is 4.99 Å². The molecule has 0 radical (unpaired) electrons. The fourth-order valence-corrected chi connectivity index (χ4v) is 3.44. The maximum Gasteiger partial charge on any atom is 0.190 e. The summed E-state index contributed by atoms with van der Waals surface area (Å²) in [6.45, 7) is 4.25. The number of aryl methyl sites for hydroxylation is 1. The van der Waals surface area contributed by atoms with Crippen LogP contribution < -0.4 is 10.6 Å². The summed E-state index contributed by atoms with van der Waals surface area (Å²) in [6.07, 6.45) is 4.44. The summed E-state index contributed by atoms with van der Waals surface area (Å²) in [5.41, 5.74) is 1.14. The quantitative estimate of drug-likeness (QED) is 0.269. The van der Waals surface area contributed by atoms with Gasteiger partial charge in [-0.15, -0.1) is 24.0 Å². The predicted molar refractivity (Wildman–Crippen MR) is 120 cm³/mol. The number of nitrogens with one attached hydrogen (secondary N) is 2. The van der Waals surface area contributed by atoms with E-state index >= 15 is 0 Å². The summed E-state index contributed by atoms with van der Waals surface area (Å²) >= 11 is 12.1. The Morgan fingerprint density at radius 2 is 1.96 bits per heavy atom. The van der Waals surface area contributed by atoms with Gasteiger partial charge in [-0.25, -0.2) is 0 Å². The molecule has 1 fully saturated rings. The van der Waals surface area contributed by atoms with Crippen LogP contribution in [0.25, 0.3) is 0 Å². The molecule has 0 atom stereocenters. The van der Waals surface area contributed by atoms with Crippen LogP contribution in [-0.2, 0) is 6.42 Å². The molecule has 2 N–H and O–H groups in total. The van der Waals surface area contributed by atoms with Crippen molar-refractivity contribution in [1.29, 1.82) is 0 Å². The van der Waals surface area contributed by atoms with Crippen LogP contribution in [-0.4, -0.2) is 51.1 Å². The van der Waals surface area contributed by atoms with Crippen LogP contribution in [0.4, 0.5) is 0 Å². The second-order valence-corrected chi connectivity index (χ2v) is 7.31. The van der Waals surface area contributed by atoms with E-state index in [2.05, 4.69) is 27.6 Å². The Kier molecular flexibility index (Phi) is 11.1. The van der Waals surface area contributed by atoms with Crippen molar-refractivity contribution in [2.75, 3.05) is 40.3 Å². The number of hydrogen-bond acceptors (Lipinski definition) is 2. The van der Waals surface area contributed by atoms with Gasteiger partial charge in [0.15, 0.2) is 5.96 Å². The maximum atomic E-state index is 6.20. The molecule has 0 saturated carbocycles. The molecule has 1 aromatic carbocycles. The first-order valence-corrected chi connectivity index (χ1v) is 9.41. The van der Waals surface area contributed by atoms with Gasteiger partial charge in [0.25, 0.3) is 0 Å². The average Bonchev–Trinajstić information content (AvgIpc) is 2.57. The number of likely N-dealkylation sites (tertiary alicyclic amines) is 1. The fraction of sp³-hybridized carbons (Fsp3) is 0.611. The molecule has 2 rings (SSSR count). The Labute approximate surface area is 178 Å². The highest BCUT2D eigenvalue weighted by atomic mass is 127. The van der Waals surface area contributed by atoms with Gasteiger partial charge in [0.1, 0.15) is 0 Å². The number of piperidine rings is 1. The zero-order chi connectivity index (χ0) is 17.4. The lowest BCUT2D eigenvalue weighted by molar-refractivity contribution is 0.220. The lowest BCUT2D eigenvalue weighted by Gasteiger charge is -2.29. The Morgan fingerprint density at radius 3 is 2.60 bits per heavy atom. The fourth-order valence-electron chi connectivity index (χ4n) is 2.94. The topological polar surface area (TPSA) is 39.7 Å². The summed E-state index contributed by atoms with van der Waals surface area (Å²) in [7, 11) is 4.01. The van der Waals surface area contributed by atoms with E-state index in [4.69, 9.17) is 23.2 Å². The maximum absolute atomic E-state index is 6.20. The molecule has 0 bridgehead atoms. The van der Waals surface area contributed by atoms with E-state index in [-0.39, 0.29) is 24.0 Å². The molecule has 0 spiro atoms. The van der Waals surface area contributed by atoms with Gasteiger partial charge in [0.05, 0.1) is 0 Å². The molecular formula is C18H29Cl2IN4. The van der Waals surface area contributed by atoms with Gasteiger partial charge < -0.3 is 15.5 Å². The molecule has 0 unspecified atom stereocenters. The van der Waals surface area contributed by atoms with E-state index in [0.29, 0.717) is 5.02 Å². The van der Waals surface area contributed by atoms with Crippen LogP contribution in [0.1, 0.15) is 24.8 Å². The summed E-state index contributed by atoms with van der Waals surface area (Å²) in [4.78, 5) is 6.70. The molecule has 0 amide bonds. The van der Waals surface area contributed by atoms with Crippen molar-refractivity contribution in [2.45, 2.75) is 25.7 Å². The molecule has 4 nitrogen and oxygen atoms in total. The third kappa shape index (κ3) is 8.33. The van der Waals surface area contributed by atoms with Gasteiger partial charge in [-0.05, 0) is 69.4 Å². The van der Waals surface area contributed by atoms with Crippen molar-refractivity contribution >= 4 is 53.1 Å². The van der Waals surface area contributed by atoms with Crippen LogP contribution in [0, 0.1) is 5.92 Å². The zero-order valence-corrected chi connectivity index (χ0v) is 18.9. The van der Waals surface area contributed by atoms with E-state index in [0.717, 1.165) is 48.4 Å². The second-order valence-electron chi connectivity index (χ2n) is 6.47. The number of hydrogen-bond donors (Lipinski definition) is 2. The lowest BCUT2D eigenvalue weighted by atomic mass is 9.97. The number of halogens is 3. The standard InChI is InChI=1S/C18H28Cl2N4.HI/c1-21-18(23-13-14-7-10-24(2)11-8-14)22-9-3-4-15-5-6-16(19)12-17(15)20;/h5-6,12,14H,3-4,7-11,13H2,1-2H3,(H2,21,22,23);1H. The lowest BCUT2D eigenvalue weighted by Crippen LogP contribution is -2.42. The molecule has 25 heavy (non-hydrogen) atoms. The highest BCUT2D eigenvalue weighted by Gasteiger charge is 2.16. The molecule has 1 aliphatic heterocycles.